The van der Waals surface area contributed by atoms with Gasteiger partial charge in [0.2, 0.25) is 0 Å². The number of aromatic nitrogens is 1. The summed E-state index contributed by atoms with van der Waals surface area (Å²) >= 11 is 4.98. The Morgan fingerprint density at radius 1 is 1.17 bits per heavy atom. The van der Waals surface area contributed by atoms with Crippen molar-refractivity contribution in [1.29, 1.82) is 0 Å². The Bertz CT molecular complexity index is 711. The third-order valence-corrected chi connectivity index (χ3v) is 4.31. The molecular weight excluding hydrogens is 312 g/mol. The zero-order valence-corrected chi connectivity index (χ0v) is 11.7. The quantitative estimate of drug-likeness (QED) is 0.714. The first kappa shape index (κ1) is 11.6. The topological polar surface area (TPSA) is 52.0 Å². The van der Waals surface area contributed by atoms with Crippen molar-refractivity contribution in [3.63, 3.8) is 0 Å². The Balaban J connectivity index is 1.98. The lowest BCUT2D eigenvalue weighted by Gasteiger charge is -1.98. The Morgan fingerprint density at radius 2 is 2.00 bits per heavy atom. The van der Waals surface area contributed by atoms with Gasteiger partial charge in [-0.15, -0.1) is 0 Å². The maximum Gasteiger partial charge on any atom is 0.261 e. The molecule has 3 nitrogen and oxygen atoms in total. The molecule has 18 heavy (non-hydrogen) atoms. The molecule has 3 aromatic rings. The van der Waals surface area contributed by atoms with Crippen molar-refractivity contribution in [3.8, 4) is 0 Å². The average molecular weight is 321 g/mol. The molecular formula is C13H9BrN2OS. The van der Waals surface area contributed by atoms with E-state index in [1.54, 1.807) is 6.07 Å². The molecule has 1 aromatic heterocycles. The van der Waals surface area contributed by atoms with Gasteiger partial charge in [0.05, 0.1) is 0 Å². The van der Waals surface area contributed by atoms with Gasteiger partial charge in [-0.25, -0.2) is 4.98 Å². The van der Waals surface area contributed by atoms with Crippen molar-refractivity contribution in [2.75, 3.05) is 5.73 Å². The number of hydrogen-bond acceptors (Lipinski definition) is 4. The smallest absolute Gasteiger partial charge is 0.261 e. The van der Waals surface area contributed by atoms with Crippen molar-refractivity contribution in [3.05, 3.63) is 46.9 Å². The molecule has 2 N–H and O–H groups in total. The summed E-state index contributed by atoms with van der Waals surface area (Å²) in [7, 11) is 0. The Kier molecular flexibility index (Phi) is 3.01. The van der Waals surface area contributed by atoms with E-state index in [1.807, 2.05) is 36.4 Å². The van der Waals surface area contributed by atoms with Gasteiger partial charge >= 0.3 is 0 Å². The summed E-state index contributed by atoms with van der Waals surface area (Å²) in [5.41, 5.74) is 7.93. The molecule has 1 heterocycles. The monoisotopic (exact) mass is 320 g/mol. The number of nitrogens with two attached hydrogens (primary N) is 1. The summed E-state index contributed by atoms with van der Waals surface area (Å²) < 4.78 is 6.68. The number of hydrogen-bond donors (Lipinski definition) is 1. The molecule has 0 spiro atoms. The number of rotatable bonds is 2. The number of nitrogens with zero attached hydrogens (tertiary/aromatic N) is 1. The van der Waals surface area contributed by atoms with E-state index in [1.165, 1.54) is 11.8 Å². The Morgan fingerprint density at radius 3 is 2.83 bits per heavy atom. The van der Waals surface area contributed by atoms with Gasteiger partial charge in [-0.2, -0.15) is 0 Å². The Labute approximate surface area is 117 Å². The van der Waals surface area contributed by atoms with Crippen molar-refractivity contribution >= 4 is 44.5 Å². The molecule has 0 aliphatic heterocycles. The molecule has 90 valence electrons. The lowest BCUT2D eigenvalue weighted by molar-refractivity contribution is 0.489. The molecule has 3 rings (SSSR count). The minimum atomic E-state index is 0.613. The van der Waals surface area contributed by atoms with Gasteiger partial charge in [-0.3, -0.25) is 0 Å². The lowest BCUT2D eigenvalue weighted by atomic mass is 10.3. The second kappa shape index (κ2) is 4.66. The number of benzene rings is 2. The van der Waals surface area contributed by atoms with Crippen LogP contribution in [0.25, 0.3) is 11.1 Å². The molecule has 0 amide bonds. The molecule has 0 aliphatic rings. The second-order valence-corrected chi connectivity index (χ2v) is 5.59. The molecule has 0 unspecified atom stereocenters. The zero-order chi connectivity index (χ0) is 12.5. The van der Waals surface area contributed by atoms with Crippen LogP contribution in [-0.4, -0.2) is 4.98 Å². The summed E-state index contributed by atoms with van der Waals surface area (Å²) in [5, 5.41) is 0.613. The lowest BCUT2D eigenvalue weighted by Crippen LogP contribution is -1.82. The fourth-order valence-corrected chi connectivity index (χ4v) is 2.89. The number of fused-ring (bicyclic) bond motifs is 1. The minimum absolute atomic E-state index is 0.613. The predicted octanol–water partition coefficient (Wildman–Crippen LogP) is 4.32. The van der Waals surface area contributed by atoms with E-state index in [9.17, 15) is 0 Å². The number of halogens is 1. The van der Waals surface area contributed by atoms with Crippen LogP contribution in [0, 0.1) is 0 Å². The van der Waals surface area contributed by atoms with E-state index < -0.39 is 0 Å². The predicted molar refractivity (Wildman–Crippen MR) is 76.7 cm³/mol. The molecule has 0 radical (unpaired) electrons. The van der Waals surface area contributed by atoms with Gasteiger partial charge < -0.3 is 10.2 Å². The number of anilines is 1. The number of oxazole rings is 1. The fraction of sp³-hybridized carbons (Fsp3) is 0. The summed E-state index contributed by atoms with van der Waals surface area (Å²) in [6.07, 6.45) is 0. The average Bonchev–Trinajstić information content (AvgIpc) is 2.73. The molecule has 0 atom stereocenters. The normalized spacial score (nSPS) is 10.9. The SMILES string of the molecule is Nc1ccc2oc(Sc3ccccc3Br)nc2c1. The van der Waals surface area contributed by atoms with Crippen molar-refractivity contribution in [2.24, 2.45) is 0 Å². The van der Waals surface area contributed by atoms with Crippen LogP contribution in [-0.2, 0) is 0 Å². The highest BCUT2D eigenvalue weighted by Gasteiger charge is 2.09. The van der Waals surface area contributed by atoms with Crippen LogP contribution < -0.4 is 5.73 Å². The summed E-state index contributed by atoms with van der Waals surface area (Å²) in [4.78, 5) is 5.47. The second-order valence-electron chi connectivity index (χ2n) is 3.74. The fourth-order valence-electron chi connectivity index (χ4n) is 1.59. The van der Waals surface area contributed by atoms with Gasteiger partial charge in [-0.1, -0.05) is 12.1 Å². The zero-order valence-electron chi connectivity index (χ0n) is 9.26. The van der Waals surface area contributed by atoms with Crippen molar-refractivity contribution in [2.45, 2.75) is 10.1 Å². The standard InChI is InChI=1S/C13H9BrN2OS/c14-9-3-1-2-4-12(9)18-13-16-10-7-8(15)5-6-11(10)17-13/h1-7H,15H2. The van der Waals surface area contributed by atoms with Crippen LogP contribution in [0.3, 0.4) is 0 Å². The third kappa shape index (κ3) is 2.23. The molecule has 0 fully saturated rings. The minimum Gasteiger partial charge on any atom is -0.431 e. The molecule has 5 heteroatoms. The van der Waals surface area contributed by atoms with Gasteiger partial charge in [0.1, 0.15) is 5.52 Å². The van der Waals surface area contributed by atoms with E-state index >= 15 is 0 Å². The Hall–Kier alpha value is -1.46. The van der Waals surface area contributed by atoms with E-state index in [4.69, 9.17) is 10.2 Å². The summed E-state index contributed by atoms with van der Waals surface area (Å²) in [5.74, 6) is 0. The van der Waals surface area contributed by atoms with Crippen LogP contribution in [0.4, 0.5) is 5.69 Å². The molecule has 0 bridgehead atoms. The van der Waals surface area contributed by atoms with E-state index in [2.05, 4.69) is 20.9 Å². The van der Waals surface area contributed by atoms with Crippen LogP contribution in [0.15, 0.2) is 61.5 Å². The molecule has 0 saturated heterocycles. The van der Waals surface area contributed by atoms with Crippen LogP contribution in [0.5, 0.6) is 0 Å². The van der Waals surface area contributed by atoms with E-state index in [-0.39, 0.29) is 0 Å². The summed E-state index contributed by atoms with van der Waals surface area (Å²) in [6, 6.07) is 13.4. The van der Waals surface area contributed by atoms with Crippen LogP contribution in [0.1, 0.15) is 0 Å². The first-order valence-corrected chi connectivity index (χ1v) is 6.92. The number of nitrogen functional groups attached to an aromatic ring is 1. The van der Waals surface area contributed by atoms with E-state index in [0.717, 1.165) is 20.5 Å². The van der Waals surface area contributed by atoms with Crippen molar-refractivity contribution < 1.29 is 4.42 Å². The first-order chi connectivity index (χ1) is 8.72. The van der Waals surface area contributed by atoms with Gasteiger partial charge in [0.25, 0.3) is 5.22 Å². The van der Waals surface area contributed by atoms with E-state index in [0.29, 0.717) is 10.9 Å². The largest absolute Gasteiger partial charge is 0.431 e. The van der Waals surface area contributed by atoms with Crippen molar-refractivity contribution in [1.82, 2.24) is 4.98 Å². The summed E-state index contributed by atoms with van der Waals surface area (Å²) in [6.45, 7) is 0. The first-order valence-electron chi connectivity index (χ1n) is 5.31. The van der Waals surface area contributed by atoms with Crippen LogP contribution in [0.2, 0.25) is 0 Å². The van der Waals surface area contributed by atoms with Crippen LogP contribution >= 0.6 is 27.7 Å². The highest BCUT2D eigenvalue weighted by molar-refractivity contribution is 9.10. The van der Waals surface area contributed by atoms with Gasteiger partial charge in [0.15, 0.2) is 5.58 Å². The third-order valence-electron chi connectivity index (χ3n) is 2.43. The molecule has 0 aliphatic carbocycles. The maximum atomic E-state index is 5.71. The van der Waals surface area contributed by atoms with Gasteiger partial charge in [0, 0.05) is 15.1 Å². The van der Waals surface area contributed by atoms with Gasteiger partial charge in [-0.05, 0) is 58.0 Å². The highest BCUT2D eigenvalue weighted by atomic mass is 79.9. The maximum absolute atomic E-state index is 5.71. The highest BCUT2D eigenvalue weighted by Crippen LogP contribution is 2.34. The molecule has 0 saturated carbocycles. The molecule has 2 aromatic carbocycles.